The lowest BCUT2D eigenvalue weighted by Gasteiger charge is -2.51. The Labute approximate surface area is 153 Å². The van der Waals surface area contributed by atoms with E-state index in [0.29, 0.717) is 0 Å². The molecule has 0 N–H and O–H groups in total. The van der Waals surface area contributed by atoms with Crippen LogP contribution in [0.25, 0.3) is 0 Å². The number of rotatable bonds is 3. The minimum absolute atomic E-state index is 0.975. The lowest BCUT2D eigenvalue weighted by Crippen LogP contribution is -2.07. The molecule has 0 radical (unpaired) electrons. The molecule has 3 rings (SSSR count). The molecular weight excluding hydrogens is 355 g/mol. The van der Waals surface area contributed by atoms with E-state index in [2.05, 4.69) is 93.6 Å². The van der Waals surface area contributed by atoms with Crippen molar-refractivity contribution >= 4 is 29.0 Å². The average Bonchev–Trinajstić information content (AvgIpc) is 2.56. The average molecular weight is 377 g/mol. The van der Waals surface area contributed by atoms with Crippen molar-refractivity contribution in [2.75, 3.05) is 0 Å². The molecule has 0 unspecified atom stereocenters. The first kappa shape index (κ1) is 17.4. The normalized spacial score (nSPS) is 13.3. The van der Waals surface area contributed by atoms with Crippen LogP contribution in [0.4, 0.5) is 0 Å². The van der Waals surface area contributed by atoms with Crippen LogP contribution in [0, 0.1) is 20.8 Å². The van der Waals surface area contributed by atoms with Gasteiger partial charge in [0, 0.05) is 14.7 Å². The van der Waals surface area contributed by atoms with Gasteiger partial charge in [0.2, 0.25) is 0 Å². The molecule has 24 heavy (non-hydrogen) atoms. The zero-order chi connectivity index (χ0) is 17.4. The van der Waals surface area contributed by atoms with Gasteiger partial charge >= 0.3 is 0 Å². The number of halogens is 2. The van der Waals surface area contributed by atoms with Crippen molar-refractivity contribution in [3.8, 4) is 0 Å². The Morgan fingerprint density at radius 3 is 0.875 bits per heavy atom. The van der Waals surface area contributed by atoms with E-state index < -0.39 is 7.59 Å². The van der Waals surface area contributed by atoms with Gasteiger partial charge in [-0.1, -0.05) is 74.5 Å². The number of hydrogen-bond donors (Lipinski definition) is 1. The van der Waals surface area contributed by atoms with Crippen LogP contribution in [-0.4, -0.2) is 0 Å². The van der Waals surface area contributed by atoms with Gasteiger partial charge in [-0.3, -0.25) is 0 Å². The molecule has 0 atom stereocenters. The fourth-order valence-electron chi connectivity index (χ4n) is 2.87. The molecule has 0 spiro atoms. The molecule has 0 aliphatic rings. The molecule has 0 nitrogen and oxygen atoms in total. The maximum Gasteiger partial charge on any atom is 0.00541 e. The second-order valence-electron chi connectivity index (χ2n) is 6.41. The molecule has 0 heterocycles. The molecule has 126 valence electrons. The van der Waals surface area contributed by atoms with Gasteiger partial charge in [-0.05, 0) is 57.2 Å². The molecule has 0 aliphatic carbocycles. The highest BCUT2D eigenvalue weighted by Gasteiger charge is 2.42. The van der Waals surface area contributed by atoms with E-state index >= 15 is 0 Å². The highest BCUT2D eigenvalue weighted by atomic mass is 36.0. The Kier molecular flexibility index (Phi) is 4.46. The molecule has 0 aliphatic heterocycles. The van der Waals surface area contributed by atoms with E-state index in [4.69, 9.17) is 21.4 Å². The predicted octanol–water partition coefficient (Wildman–Crippen LogP) is 7.47. The highest BCUT2D eigenvalue weighted by molar-refractivity contribution is 8.79. The molecule has 0 amide bonds. The topological polar surface area (TPSA) is 0 Å². The minimum Gasteiger partial charge on any atom is -0.100 e. The van der Waals surface area contributed by atoms with Crippen LogP contribution in [0.1, 0.15) is 16.7 Å². The molecule has 3 heteroatoms. The SMILES string of the molecule is Cc1ccc([SH](Cl)(Cl)(c2ccc(C)cc2)c2ccc(C)cc2)cc1. The number of thiol groups is 1. The molecule has 0 aromatic heterocycles. The van der Waals surface area contributed by atoms with Gasteiger partial charge in [-0.25, -0.2) is 0 Å². The van der Waals surface area contributed by atoms with Gasteiger partial charge in [-0.15, -0.1) is 7.59 Å². The molecular formula is C21H22Cl2S. The van der Waals surface area contributed by atoms with Crippen molar-refractivity contribution in [1.29, 1.82) is 0 Å². The van der Waals surface area contributed by atoms with Gasteiger partial charge in [0.05, 0.1) is 0 Å². The lowest BCUT2D eigenvalue weighted by atomic mass is 10.2. The summed E-state index contributed by atoms with van der Waals surface area (Å²) in [4.78, 5) is 2.92. The first-order chi connectivity index (χ1) is 11.3. The van der Waals surface area contributed by atoms with Crippen LogP contribution in [0.15, 0.2) is 87.5 Å². The third-order valence-corrected chi connectivity index (χ3v) is 11.6. The Hall–Kier alpha value is -1.41. The monoisotopic (exact) mass is 376 g/mol. The zero-order valence-electron chi connectivity index (χ0n) is 14.1. The Morgan fingerprint density at radius 2 is 0.667 bits per heavy atom. The van der Waals surface area contributed by atoms with E-state index in [9.17, 15) is 0 Å². The zero-order valence-corrected chi connectivity index (χ0v) is 16.5. The van der Waals surface area contributed by atoms with Gasteiger partial charge < -0.3 is 0 Å². The van der Waals surface area contributed by atoms with Crippen molar-refractivity contribution < 1.29 is 0 Å². The summed E-state index contributed by atoms with van der Waals surface area (Å²) in [6.07, 6.45) is 0. The lowest BCUT2D eigenvalue weighted by molar-refractivity contribution is 1.27. The second-order valence-corrected chi connectivity index (χ2v) is 14.4. The predicted molar refractivity (Wildman–Crippen MR) is 109 cm³/mol. The molecule has 0 saturated heterocycles. The summed E-state index contributed by atoms with van der Waals surface area (Å²) in [5, 5.41) is 0. The van der Waals surface area contributed by atoms with Crippen LogP contribution in [0.2, 0.25) is 0 Å². The summed E-state index contributed by atoms with van der Waals surface area (Å²) < 4.78 is 0. The quantitative estimate of drug-likeness (QED) is 0.450. The van der Waals surface area contributed by atoms with Crippen molar-refractivity contribution in [2.24, 2.45) is 0 Å². The highest BCUT2D eigenvalue weighted by Crippen LogP contribution is 2.92. The third-order valence-electron chi connectivity index (χ3n) is 4.46. The van der Waals surface area contributed by atoms with E-state index in [1.807, 2.05) is 0 Å². The first-order valence-electron chi connectivity index (χ1n) is 7.97. The fraction of sp³-hybridized carbons (Fsp3) is 0.143. The Bertz CT molecular complexity index is 730. The van der Waals surface area contributed by atoms with Crippen molar-refractivity contribution in [1.82, 2.24) is 0 Å². The molecule has 0 fully saturated rings. The third kappa shape index (κ3) is 2.86. The summed E-state index contributed by atoms with van der Waals surface area (Å²) in [5.41, 5.74) is 3.58. The summed E-state index contributed by atoms with van der Waals surface area (Å²) >= 11 is 0. The maximum atomic E-state index is 7.42. The van der Waals surface area contributed by atoms with Crippen LogP contribution < -0.4 is 0 Å². The first-order valence-corrected chi connectivity index (χ1v) is 12.0. The molecule has 3 aromatic carbocycles. The standard InChI is InChI=1S/C21H22Cl2S/c1-16-4-10-19(11-5-16)24(22,23,20-12-6-17(2)7-13-20)21-14-8-18(3)9-15-21/h4-15,24H,1-3H3. The summed E-state index contributed by atoms with van der Waals surface area (Å²) in [5.74, 6) is 0. The van der Waals surface area contributed by atoms with Gasteiger partial charge in [0.15, 0.2) is 0 Å². The van der Waals surface area contributed by atoms with E-state index in [-0.39, 0.29) is 0 Å². The van der Waals surface area contributed by atoms with E-state index in [0.717, 1.165) is 14.7 Å². The van der Waals surface area contributed by atoms with Crippen molar-refractivity contribution in [3.05, 3.63) is 89.5 Å². The van der Waals surface area contributed by atoms with Crippen molar-refractivity contribution in [3.63, 3.8) is 0 Å². The number of aryl methyl sites for hydroxylation is 3. The minimum atomic E-state index is -3.50. The maximum absolute atomic E-state index is 7.42. The van der Waals surface area contributed by atoms with Crippen LogP contribution in [0.3, 0.4) is 0 Å². The second kappa shape index (κ2) is 6.15. The molecule has 0 bridgehead atoms. The largest absolute Gasteiger partial charge is 0.100 e. The van der Waals surface area contributed by atoms with Gasteiger partial charge in [0.25, 0.3) is 0 Å². The van der Waals surface area contributed by atoms with Crippen molar-refractivity contribution in [2.45, 2.75) is 35.5 Å². The summed E-state index contributed by atoms with van der Waals surface area (Å²) in [7, 11) is 11.3. The summed E-state index contributed by atoms with van der Waals surface area (Å²) in [6.45, 7) is 6.21. The van der Waals surface area contributed by atoms with Crippen LogP contribution >= 0.6 is 29.0 Å². The fourth-order valence-corrected chi connectivity index (χ4v) is 7.81. The molecule has 0 saturated carbocycles. The van der Waals surface area contributed by atoms with Crippen LogP contribution in [-0.2, 0) is 0 Å². The van der Waals surface area contributed by atoms with Gasteiger partial charge in [-0.2, -0.15) is 0 Å². The van der Waals surface area contributed by atoms with Crippen LogP contribution in [0.5, 0.6) is 0 Å². The Balaban J connectivity index is 2.33. The van der Waals surface area contributed by atoms with Gasteiger partial charge in [0.1, 0.15) is 0 Å². The molecule has 3 aromatic rings. The number of hydrogen-bond acceptors (Lipinski definition) is 0. The smallest absolute Gasteiger partial charge is 0.00541 e. The Morgan fingerprint density at radius 1 is 0.458 bits per heavy atom. The summed E-state index contributed by atoms with van der Waals surface area (Å²) in [6, 6.07) is 24.8. The van der Waals surface area contributed by atoms with E-state index in [1.54, 1.807) is 0 Å². The number of benzene rings is 3. The van der Waals surface area contributed by atoms with E-state index in [1.165, 1.54) is 16.7 Å².